The van der Waals surface area contributed by atoms with Crippen LogP contribution in [-0.4, -0.2) is 9.38 Å². The number of pyridine rings is 1. The first-order valence-corrected chi connectivity index (χ1v) is 13.0. The Morgan fingerprint density at radius 1 is 0.971 bits per heavy atom. The van der Waals surface area contributed by atoms with E-state index in [2.05, 4.69) is 114 Å². The summed E-state index contributed by atoms with van der Waals surface area (Å²) in [6.07, 6.45) is 4.40. The summed E-state index contributed by atoms with van der Waals surface area (Å²) in [6.45, 7) is 16.2. The molecule has 6 rings (SSSR count). The molecule has 0 radical (unpaired) electrons. The average Bonchev–Trinajstić information content (AvgIpc) is 3.20. The Labute approximate surface area is 209 Å². The molecule has 1 saturated carbocycles. The third kappa shape index (κ3) is 3.41. The van der Waals surface area contributed by atoms with E-state index >= 15 is 0 Å². The van der Waals surface area contributed by atoms with Crippen molar-refractivity contribution in [3.05, 3.63) is 83.0 Å². The van der Waals surface area contributed by atoms with Crippen LogP contribution in [0.25, 0.3) is 38.6 Å². The van der Waals surface area contributed by atoms with Gasteiger partial charge in [0, 0.05) is 16.3 Å². The van der Waals surface area contributed by atoms with E-state index in [9.17, 15) is 0 Å². The molecular weight excluding hydrogens is 424 g/mol. The molecule has 2 unspecified atom stereocenters. The molecule has 0 bridgehead atoms. The lowest BCUT2D eigenvalue weighted by molar-refractivity contribution is 0.411. The molecule has 3 aromatic carbocycles. The first-order chi connectivity index (χ1) is 16.6. The Hall–Kier alpha value is -3.13. The van der Waals surface area contributed by atoms with Crippen molar-refractivity contribution < 1.29 is 0 Å². The van der Waals surface area contributed by atoms with Crippen LogP contribution < -0.4 is 0 Å². The van der Waals surface area contributed by atoms with Gasteiger partial charge in [-0.05, 0) is 83.2 Å². The van der Waals surface area contributed by atoms with Gasteiger partial charge in [-0.2, -0.15) is 0 Å². The van der Waals surface area contributed by atoms with E-state index in [0.717, 1.165) is 12.1 Å². The summed E-state index contributed by atoms with van der Waals surface area (Å²) >= 11 is 0. The van der Waals surface area contributed by atoms with Gasteiger partial charge in [-0.25, -0.2) is 4.98 Å². The lowest BCUT2D eigenvalue weighted by Crippen LogP contribution is -2.09. The molecule has 178 valence electrons. The van der Waals surface area contributed by atoms with Crippen LogP contribution in [0.3, 0.4) is 0 Å². The van der Waals surface area contributed by atoms with Crippen molar-refractivity contribution in [3.8, 4) is 11.3 Å². The number of fused-ring (bicyclic) bond motifs is 6. The molecule has 0 amide bonds. The third-order valence-electron chi connectivity index (χ3n) is 8.39. The van der Waals surface area contributed by atoms with E-state index in [-0.39, 0.29) is 10.8 Å². The standard InChI is InChI=1S/C33H36N2/c1-20-10-8-11-21(2)29(20)28-19-34-31-30-24(12-9-13-26(30)33(7)17-22(33)3)25-16-23(18-32(4,5)6)14-15-27(25)35(28)31/h8-16,19,22H,17-18H2,1-7H3. The Morgan fingerprint density at radius 2 is 1.66 bits per heavy atom. The van der Waals surface area contributed by atoms with Gasteiger partial charge in [0.05, 0.1) is 17.4 Å². The molecule has 2 heterocycles. The summed E-state index contributed by atoms with van der Waals surface area (Å²) in [5.74, 6) is 0.698. The smallest absolute Gasteiger partial charge is 0.145 e. The molecule has 2 atom stereocenters. The van der Waals surface area contributed by atoms with Gasteiger partial charge in [0.15, 0.2) is 0 Å². The number of hydrogen-bond donors (Lipinski definition) is 0. The second-order valence-electron chi connectivity index (χ2n) is 12.4. The SMILES string of the molecule is Cc1cccc(C)c1-c1cnc2c3c(C4(C)CC4C)cccc3c3cc(CC(C)(C)C)ccc3n12. The molecule has 2 nitrogen and oxygen atoms in total. The Kier molecular flexibility index (Phi) is 4.75. The summed E-state index contributed by atoms with van der Waals surface area (Å²) in [5.41, 5.74) is 10.7. The molecule has 2 heteroatoms. The molecule has 0 spiro atoms. The predicted octanol–water partition coefficient (Wildman–Crippen LogP) is 8.81. The van der Waals surface area contributed by atoms with Gasteiger partial charge in [0.1, 0.15) is 5.65 Å². The van der Waals surface area contributed by atoms with Crippen LogP contribution in [0.2, 0.25) is 0 Å². The highest BCUT2D eigenvalue weighted by molar-refractivity contribution is 6.14. The molecule has 5 aromatic rings. The normalized spacial score (nSPS) is 20.3. The van der Waals surface area contributed by atoms with Crippen LogP contribution in [-0.2, 0) is 11.8 Å². The minimum absolute atomic E-state index is 0.224. The van der Waals surface area contributed by atoms with E-state index in [1.807, 2.05) is 0 Å². The molecule has 0 aliphatic heterocycles. The minimum atomic E-state index is 0.224. The molecule has 1 fully saturated rings. The van der Waals surface area contributed by atoms with Crippen LogP contribution in [0.1, 0.15) is 63.3 Å². The maximum absolute atomic E-state index is 5.13. The van der Waals surface area contributed by atoms with Gasteiger partial charge in [0.2, 0.25) is 0 Å². The number of aromatic nitrogens is 2. The zero-order valence-corrected chi connectivity index (χ0v) is 22.2. The maximum atomic E-state index is 5.13. The van der Waals surface area contributed by atoms with Crippen molar-refractivity contribution in [1.29, 1.82) is 0 Å². The van der Waals surface area contributed by atoms with Gasteiger partial charge in [-0.1, -0.05) is 77.1 Å². The highest BCUT2D eigenvalue weighted by atomic mass is 15.0. The van der Waals surface area contributed by atoms with E-state index in [1.165, 1.54) is 61.6 Å². The van der Waals surface area contributed by atoms with Crippen LogP contribution in [0.5, 0.6) is 0 Å². The zero-order chi connectivity index (χ0) is 24.7. The fraction of sp³-hybridized carbons (Fsp3) is 0.364. The van der Waals surface area contributed by atoms with Gasteiger partial charge in [0.25, 0.3) is 0 Å². The second kappa shape index (κ2) is 7.43. The Bertz CT molecular complexity index is 1610. The molecular formula is C33H36N2. The number of nitrogens with zero attached hydrogens (tertiary/aromatic N) is 2. The van der Waals surface area contributed by atoms with Crippen LogP contribution in [0.15, 0.2) is 60.8 Å². The first kappa shape index (κ1) is 22.3. The summed E-state index contributed by atoms with van der Waals surface area (Å²) in [6, 6.07) is 20.6. The fourth-order valence-electron chi connectivity index (χ4n) is 6.33. The summed E-state index contributed by atoms with van der Waals surface area (Å²) in [5, 5.41) is 4.00. The maximum Gasteiger partial charge on any atom is 0.145 e. The monoisotopic (exact) mass is 460 g/mol. The van der Waals surface area contributed by atoms with E-state index in [0.29, 0.717) is 5.92 Å². The largest absolute Gasteiger partial charge is 0.292 e. The summed E-state index contributed by atoms with van der Waals surface area (Å²) in [7, 11) is 0. The zero-order valence-electron chi connectivity index (χ0n) is 22.2. The van der Waals surface area contributed by atoms with Gasteiger partial charge in [-0.15, -0.1) is 0 Å². The molecule has 1 aliphatic carbocycles. The summed E-state index contributed by atoms with van der Waals surface area (Å²) < 4.78 is 2.44. The minimum Gasteiger partial charge on any atom is -0.292 e. The lowest BCUT2D eigenvalue weighted by Gasteiger charge is -2.21. The van der Waals surface area contributed by atoms with Crippen LogP contribution in [0, 0.1) is 25.2 Å². The van der Waals surface area contributed by atoms with Crippen molar-refractivity contribution in [3.63, 3.8) is 0 Å². The van der Waals surface area contributed by atoms with Crippen LogP contribution >= 0.6 is 0 Å². The van der Waals surface area contributed by atoms with Crippen molar-refractivity contribution >= 4 is 27.3 Å². The average molecular weight is 461 g/mol. The Morgan fingerprint density at radius 3 is 2.31 bits per heavy atom. The Balaban J connectivity index is 1.78. The van der Waals surface area contributed by atoms with E-state index < -0.39 is 0 Å². The van der Waals surface area contributed by atoms with E-state index in [1.54, 1.807) is 0 Å². The van der Waals surface area contributed by atoms with Crippen molar-refractivity contribution in [1.82, 2.24) is 9.38 Å². The quantitative estimate of drug-likeness (QED) is 0.246. The van der Waals surface area contributed by atoms with Crippen molar-refractivity contribution in [2.24, 2.45) is 11.3 Å². The third-order valence-corrected chi connectivity index (χ3v) is 8.39. The van der Waals surface area contributed by atoms with Crippen molar-refractivity contribution in [2.75, 3.05) is 0 Å². The van der Waals surface area contributed by atoms with Gasteiger partial charge >= 0.3 is 0 Å². The number of aryl methyl sites for hydroxylation is 2. The number of imidazole rings is 1. The summed E-state index contributed by atoms with van der Waals surface area (Å²) in [4.78, 5) is 5.13. The second-order valence-corrected chi connectivity index (χ2v) is 12.4. The molecule has 1 aliphatic rings. The predicted molar refractivity (Wildman–Crippen MR) is 149 cm³/mol. The fourth-order valence-corrected chi connectivity index (χ4v) is 6.33. The number of benzene rings is 3. The molecule has 0 saturated heterocycles. The molecule has 2 aromatic heterocycles. The van der Waals surface area contributed by atoms with Crippen molar-refractivity contribution in [2.45, 2.75) is 66.7 Å². The van der Waals surface area contributed by atoms with Gasteiger partial charge < -0.3 is 0 Å². The van der Waals surface area contributed by atoms with Gasteiger partial charge in [-0.3, -0.25) is 4.40 Å². The molecule has 35 heavy (non-hydrogen) atoms. The number of hydrogen-bond acceptors (Lipinski definition) is 1. The topological polar surface area (TPSA) is 17.3 Å². The highest BCUT2D eigenvalue weighted by Gasteiger charge is 2.49. The lowest BCUT2D eigenvalue weighted by atomic mass is 9.86. The first-order valence-electron chi connectivity index (χ1n) is 13.0. The van der Waals surface area contributed by atoms with Crippen LogP contribution in [0.4, 0.5) is 0 Å². The van der Waals surface area contributed by atoms with E-state index in [4.69, 9.17) is 4.98 Å². The number of rotatable bonds is 3. The molecule has 0 N–H and O–H groups in total. The highest BCUT2D eigenvalue weighted by Crippen LogP contribution is 2.56.